The lowest BCUT2D eigenvalue weighted by Crippen LogP contribution is -2.17. The molecule has 1 aliphatic rings. The van der Waals surface area contributed by atoms with Gasteiger partial charge >= 0.3 is 0 Å². The third-order valence-electron chi connectivity index (χ3n) is 2.73. The van der Waals surface area contributed by atoms with Crippen molar-refractivity contribution in [1.29, 1.82) is 0 Å². The van der Waals surface area contributed by atoms with Crippen molar-refractivity contribution in [2.45, 2.75) is 38.6 Å². The highest BCUT2D eigenvalue weighted by molar-refractivity contribution is 5.23. The van der Waals surface area contributed by atoms with Crippen molar-refractivity contribution in [2.75, 3.05) is 13.2 Å². The normalized spacial score (nSPS) is 15.1. The van der Waals surface area contributed by atoms with E-state index < -0.39 is 0 Å². The molecule has 3 heteroatoms. The van der Waals surface area contributed by atoms with E-state index in [1.807, 2.05) is 13.1 Å². The average Bonchev–Trinajstić information content (AvgIpc) is 3.09. The molecule has 1 aromatic rings. The molecule has 88 valence electrons. The fraction of sp³-hybridized carbons (Fsp3) is 0.615. The number of aryl methyl sites for hydroxylation is 1. The maximum Gasteiger partial charge on any atom is 0.137 e. The zero-order valence-corrected chi connectivity index (χ0v) is 9.91. The van der Waals surface area contributed by atoms with Crippen molar-refractivity contribution in [2.24, 2.45) is 0 Å². The summed E-state index contributed by atoms with van der Waals surface area (Å²) in [5, 5.41) is 3.51. The summed E-state index contributed by atoms with van der Waals surface area (Å²) in [6.07, 6.45) is 8.68. The van der Waals surface area contributed by atoms with Crippen LogP contribution in [-0.2, 0) is 6.42 Å². The van der Waals surface area contributed by atoms with Gasteiger partial charge in [0.2, 0.25) is 0 Å². The van der Waals surface area contributed by atoms with Crippen molar-refractivity contribution in [3.63, 3.8) is 0 Å². The van der Waals surface area contributed by atoms with Crippen molar-refractivity contribution in [1.82, 2.24) is 10.3 Å². The molecule has 1 N–H and O–H groups in total. The third-order valence-corrected chi connectivity index (χ3v) is 2.73. The quantitative estimate of drug-likeness (QED) is 0.715. The summed E-state index contributed by atoms with van der Waals surface area (Å²) < 4.78 is 5.42. The number of aromatic nitrogens is 1. The highest BCUT2D eigenvalue weighted by atomic mass is 16.5. The largest absolute Gasteiger partial charge is 0.492 e. The van der Waals surface area contributed by atoms with Crippen molar-refractivity contribution < 1.29 is 4.74 Å². The Morgan fingerprint density at radius 1 is 1.44 bits per heavy atom. The summed E-state index contributed by atoms with van der Waals surface area (Å²) in [4.78, 5) is 4.18. The molecule has 16 heavy (non-hydrogen) atoms. The van der Waals surface area contributed by atoms with Gasteiger partial charge in [0.15, 0.2) is 0 Å². The van der Waals surface area contributed by atoms with E-state index in [0.29, 0.717) is 6.61 Å². The molecule has 0 aliphatic heterocycles. The molecule has 1 heterocycles. The van der Waals surface area contributed by atoms with Crippen LogP contribution in [0.15, 0.2) is 18.5 Å². The molecule has 0 aromatic carbocycles. The first-order valence-corrected chi connectivity index (χ1v) is 6.18. The summed E-state index contributed by atoms with van der Waals surface area (Å²) in [6, 6.07) is 2.90. The Kier molecular flexibility index (Phi) is 4.17. The van der Waals surface area contributed by atoms with Crippen LogP contribution in [0.1, 0.15) is 31.7 Å². The van der Waals surface area contributed by atoms with E-state index in [1.54, 1.807) is 6.20 Å². The van der Waals surface area contributed by atoms with Gasteiger partial charge < -0.3 is 10.1 Å². The van der Waals surface area contributed by atoms with Gasteiger partial charge in [-0.05, 0) is 50.8 Å². The summed E-state index contributed by atoms with van der Waals surface area (Å²) in [5.41, 5.74) is 1.27. The summed E-state index contributed by atoms with van der Waals surface area (Å²) in [5.74, 6) is 0.884. The van der Waals surface area contributed by atoms with Crippen LogP contribution in [0, 0.1) is 0 Å². The Hall–Kier alpha value is -1.09. The van der Waals surface area contributed by atoms with Gasteiger partial charge in [-0.25, -0.2) is 0 Å². The van der Waals surface area contributed by atoms with E-state index in [9.17, 15) is 0 Å². The first-order chi connectivity index (χ1) is 7.88. The minimum Gasteiger partial charge on any atom is -0.492 e. The lowest BCUT2D eigenvalue weighted by atomic mass is 10.1. The molecular weight excluding hydrogens is 200 g/mol. The maximum absolute atomic E-state index is 5.42. The molecular formula is C13H20N2O. The predicted molar refractivity (Wildman–Crippen MR) is 64.8 cm³/mol. The predicted octanol–water partition coefficient (Wildman–Crippen LogP) is 2.16. The van der Waals surface area contributed by atoms with Crippen molar-refractivity contribution >= 4 is 0 Å². The molecule has 0 spiro atoms. The highest BCUT2D eigenvalue weighted by Gasteiger charge is 2.19. The summed E-state index contributed by atoms with van der Waals surface area (Å²) in [6.45, 7) is 3.81. The molecule has 3 nitrogen and oxygen atoms in total. The van der Waals surface area contributed by atoms with Gasteiger partial charge in [0.25, 0.3) is 0 Å². The van der Waals surface area contributed by atoms with Crippen LogP contribution in [0.2, 0.25) is 0 Å². The molecule has 0 radical (unpaired) electrons. The van der Waals surface area contributed by atoms with E-state index in [-0.39, 0.29) is 0 Å². The SMILES string of the molecule is CCOc1cncc(CCCNC2CC2)c1. The van der Waals surface area contributed by atoms with Crippen molar-refractivity contribution in [3.8, 4) is 5.75 Å². The van der Waals surface area contributed by atoms with Crippen LogP contribution in [0.4, 0.5) is 0 Å². The number of nitrogens with zero attached hydrogens (tertiary/aromatic N) is 1. The Morgan fingerprint density at radius 3 is 3.06 bits per heavy atom. The van der Waals surface area contributed by atoms with Crippen LogP contribution in [0.25, 0.3) is 0 Å². The van der Waals surface area contributed by atoms with E-state index in [4.69, 9.17) is 4.74 Å². The zero-order valence-electron chi connectivity index (χ0n) is 9.91. The van der Waals surface area contributed by atoms with Gasteiger partial charge in [0.1, 0.15) is 5.75 Å². The zero-order chi connectivity index (χ0) is 11.2. The van der Waals surface area contributed by atoms with Crippen LogP contribution < -0.4 is 10.1 Å². The van der Waals surface area contributed by atoms with Crippen LogP contribution in [-0.4, -0.2) is 24.2 Å². The minimum absolute atomic E-state index is 0.703. The topological polar surface area (TPSA) is 34.1 Å². The van der Waals surface area contributed by atoms with Gasteiger partial charge in [-0.15, -0.1) is 0 Å². The van der Waals surface area contributed by atoms with Gasteiger partial charge in [0.05, 0.1) is 12.8 Å². The number of hydrogen-bond acceptors (Lipinski definition) is 3. The number of rotatable bonds is 7. The van der Waals surface area contributed by atoms with E-state index in [1.165, 1.54) is 24.8 Å². The number of hydrogen-bond donors (Lipinski definition) is 1. The molecule has 0 amide bonds. The molecule has 1 aromatic heterocycles. The Balaban J connectivity index is 1.71. The van der Waals surface area contributed by atoms with E-state index >= 15 is 0 Å². The first kappa shape index (κ1) is 11.4. The molecule has 1 aliphatic carbocycles. The molecule has 0 bridgehead atoms. The first-order valence-electron chi connectivity index (χ1n) is 6.18. The summed E-state index contributed by atoms with van der Waals surface area (Å²) in [7, 11) is 0. The monoisotopic (exact) mass is 220 g/mol. The lowest BCUT2D eigenvalue weighted by Gasteiger charge is -2.06. The van der Waals surface area contributed by atoms with Gasteiger partial charge in [-0.3, -0.25) is 4.98 Å². The molecule has 0 saturated heterocycles. The molecule has 1 saturated carbocycles. The fourth-order valence-corrected chi connectivity index (χ4v) is 1.73. The number of nitrogens with one attached hydrogen (secondary N) is 1. The van der Waals surface area contributed by atoms with E-state index in [2.05, 4.69) is 16.4 Å². The summed E-state index contributed by atoms with van der Waals surface area (Å²) >= 11 is 0. The van der Waals surface area contributed by atoms with Crippen LogP contribution in [0.5, 0.6) is 5.75 Å². The lowest BCUT2D eigenvalue weighted by molar-refractivity contribution is 0.338. The van der Waals surface area contributed by atoms with Crippen LogP contribution >= 0.6 is 0 Å². The number of ether oxygens (including phenoxy) is 1. The third kappa shape index (κ3) is 3.81. The Labute approximate surface area is 97.2 Å². The number of pyridine rings is 1. The molecule has 1 fully saturated rings. The van der Waals surface area contributed by atoms with Gasteiger partial charge in [0, 0.05) is 12.2 Å². The van der Waals surface area contributed by atoms with E-state index in [0.717, 1.165) is 24.8 Å². The maximum atomic E-state index is 5.42. The second kappa shape index (κ2) is 5.85. The standard InChI is InChI=1S/C13H20N2O/c1-2-16-13-8-11(9-14-10-13)4-3-7-15-12-5-6-12/h8-10,12,15H,2-7H2,1H3. The molecule has 0 unspecified atom stereocenters. The fourth-order valence-electron chi connectivity index (χ4n) is 1.73. The molecule has 0 atom stereocenters. The Bertz CT molecular complexity index is 323. The molecule has 2 rings (SSSR count). The van der Waals surface area contributed by atoms with Gasteiger partial charge in [-0.1, -0.05) is 0 Å². The highest BCUT2D eigenvalue weighted by Crippen LogP contribution is 2.18. The van der Waals surface area contributed by atoms with Crippen molar-refractivity contribution in [3.05, 3.63) is 24.0 Å². The second-order valence-corrected chi connectivity index (χ2v) is 4.29. The van der Waals surface area contributed by atoms with Gasteiger partial charge in [-0.2, -0.15) is 0 Å². The van der Waals surface area contributed by atoms with Crippen LogP contribution in [0.3, 0.4) is 0 Å². The second-order valence-electron chi connectivity index (χ2n) is 4.29. The minimum atomic E-state index is 0.703. The Morgan fingerprint density at radius 2 is 2.31 bits per heavy atom. The smallest absolute Gasteiger partial charge is 0.137 e. The average molecular weight is 220 g/mol.